The van der Waals surface area contributed by atoms with Crippen molar-refractivity contribution in [2.75, 3.05) is 5.88 Å². The van der Waals surface area contributed by atoms with Crippen LogP contribution in [0.1, 0.15) is 30.1 Å². The Balaban J connectivity index is 2.50. The van der Waals surface area contributed by atoms with Gasteiger partial charge in [-0.15, -0.1) is 22.9 Å². The maximum atomic E-state index is 11.2. The van der Waals surface area contributed by atoms with Crippen molar-refractivity contribution < 1.29 is 4.79 Å². The molecule has 1 aromatic rings. The molecular formula is C9H13ClN2OS. The predicted octanol–water partition coefficient (Wildman–Crippen LogP) is 2.26. The van der Waals surface area contributed by atoms with E-state index in [4.69, 9.17) is 11.6 Å². The normalized spacial score (nSPS) is 12.5. The maximum Gasteiger partial charge on any atom is 0.221 e. The van der Waals surface area contributed by atoms with E-state index in [2.05, 4.69) is 10.3 Å². The fraction of sp³-hybridized carbons (Fsp3) is 0.556. The third-order valence-electron chi connectivity index (χ3n) is 1.71. The standard InChI is InChI=1S/C9H13ClN2OS/c1-6-5-14-9(11-6)7(2)12-8(13)3-4-10/h5,7H,3-4H2,1-2H3,(H,12,13). The van der Waals surface area contributed by atoms with Crippen LogP contribution in [0.4, 0.5) is 0 Å². The van der Waals surface area contributed by atoms with Gasteiger partial charge >= 0.3 is 0 Å². The van der Waals surface area contributed by atoms with E-state index in [1.165, 1.54) is 0 Å². The molecule has 78 valence electrons. The summed E-state index contributed by atoms with van der Waals surface area (Å²) in [4.78, 5) is 15.5. The van der Waals surface area contributed by atoms with Crippen LogP contribution in [0.2, 0.25) is 0 Å². The number of aromatic nitrogens is 1. The van der Waals surface area contributed by atoms with Gasteiger partial charge in [0.05, 0.1) is 6.04 Å². The van der Waals surface area contributed by atoms with E-state index in [9.17, 15) is 4.79 Å². The van der Waals surface area contributed by atoms with E-state index >= 15 is 0 Å². The van der Waals surface area contributed by atoms with Crippen LogP contribution in [-0.4, -0.2) is 16.8 Å². The smallest absolute Gasteiger partial charge is 0.221 e. The second-order valence-corrected chi connectivity index (χ2v) is 4.32. The predicted molar refractivity (Wildman–Crippen MR) is 58.7 cm³/mol. The van der Waals surface area contributed by atoms with Crippen molar-refractivity contribution in [2.45, 2.75) is 26.3 Å². The number of nitrogens with one attached hydrogen (secondary N) is 1. The molecule has 5 heteroatoms. The molecule has 0 aromatic carbocycles. The van der Waals surface area contributed by atoms with Crippen molar-refractivity contribution >= 4 is 28.8 Å². The lowest BCUT2D eigenvalue weighted by molar-refractivity contribution is -0.121. The minimum Gasteiger partial charge on any atom is -0.347 e. The number of alkyl halides is 1. The Bertz CT molecular complexity index is 314. The lowest BCUT2D eigenvalue weighted by atomic mass is 10.3. The van der Waals surface area contributed by atoms with Crippen LogP contribution in [0.5, 0.6) is 0 Å². The van der Waals surface area contributed by atoms with Gasteiger partial charge in [0.1, 0.15) is 5.01 Å². The SMILES string of the molecule is Cc1csc(C(C)NC(=O)CCCl)n1. The van der Waals surface area contributed by atoms with Gasteiger partial charge in [-0.3, -0.25) is 4.79 Å². The van der Waals surface area contributed by atoms with Crippen LogP contribution < -0.4 is 5.32 Å². The lowest BCUT2D eigenvalue weighted by Gasteiger charge is -2.09. The molecule has 1 rings (SSSR count). The number of aryl methyl sites for hydroxylation is 1. The largest absolute Gasteiger partial charge is 0.347 e. The molecule has 3 nitrogen and oxygen atoms in total. The first-order valence-corrected chi connectivity index (χ1v) is 5.82. The summed E-state index contributed by atoms with van der Waals surface area (Å²) in [6.45, 7) is 3.86. The molecule has 0 bridgehead atoms. The fourth-order valence-corrected chi connectivity index (χ4v) is 2.01. The van der Waals surface area contributed by atoms with E-state index in [0.717, 1.165) is 10.7 Å². The fourth-order valence-electron chi connectivity index (χ4n) is 1.03. The van der Waals surface area contributed by atoms with Crippen LogP contribution in [-0.2, 0) is 4.79 Å². The highest BCUT2D eigenvalue weighted by atomic mass is 35.5. The zero-order chi connectivity index (χ0) is 10.6. The van der Waals surface area contributed by atoms with Crippen LogP contribution in [0.25, 0.3) is 0 Å². The van der Waals surface area contributed by atoms with Crippen LogP contribution in [0, 0.1) is 6.92 Å². The van der Waals surface area contributed by atoms with Gasteiger partial charge in [0.15, 0.2) is 0 Å². The van der Waals surface area contributed by atoms with Gasteiger partial charge in [-0.1, -0.05) is 0 Å². The highest BCUT2D eigenvalue weighted by molar-refractivity contribution is 7.09. The van der Waals surface area contributed by atoms with Crippen molar-refractivity contribution in [1.29, 1.82) is 0 Å². The first-order valence-electron chi connectivity index (χ1n) is 4.41. The molecule has 0 radical (unpaired) electrons. The van der Waals surface area contributed by atoms with Gasteiger partial charge in [-0.2, -0.15) is 0 Å². The quantitative estimate of drug-likeness (QED) is 0.810. The summed E-state index contributed by atoms with van der Waals surface area (Å²) < 4.78 is 0. The van der Waals surface area contributed by atoms with Crippen molar-refractivity contribution in [3.8, 4) is 0 Å². The Morgan fingerprint density at radius 2 is 2.50 bits per heavy atom. The summed E-state index contributed by atoms with van der Waals surface area (Å²) in [7, 11) is 0. The Hall–Kier alpha value is -0.610. The lowest BCUT2D eigenvalue weighted by Crippen LogP contribution is -2.26. The molecule has 1 unspecified atom stereocenters. The van der Waals surface area contributed by atoms with E-state index in [0.29, 0.717) is 12.3 Å². The van der Waals surface area contributed by atoms with E-state index in [1.54, 1.807) is 11.3 Å². The number of thiazole rings is 1. The van der Waals surface area contributed by atoms with Crippen molar-refractivity contribution in [2.24, 2.45) is 0 Å². The highest BCUT2D eigenvalue weighted by Crippen LogP contribution is 2.17. The second-order valence-electron chi connectivity index (χ2n) is 3.06. The molecule has 0 fully saturated rings. The Morgan fingerprint density at radius 3 is 3.00 bits per heavy atom. The van der Waals surface area contributed by atoms with Gasteiger partial charge in [0, 0.05) is 23.4 Å². The number of hydrogen-bond acceptors (Lipinski definition) is 3. The van der Waals surface area contributed by atoms with Gasteiger partial charge in [0.25, 0.3) is 0 Å². The van der Waals surface area contributed by atoms with Crippen molar-refractivity contribution in [1.82, 2.24) is 10.3 Å². The maximum absolute atomic E-state index is 11.2. The topological polar surface area (TPSA) is 42.0 Å². The van der Waals surface area contributed by atoms with Gasteiger partial charge in [-0.05, 0) is 13.8 Å². The van der Waals surface area contributed by atoms with Crippen molar-refractivity contribution in [3.05, 3.63) is 16.1 Å². The van der Waals surface area contributed by atoms with Gasteiger partial charge in [-0.25, -0.2) is 4.98 Å². The summed E-state index contributed by atoms with van der Waals surface area (Å²) >= 11 is 7.02. The van der Waals surface area contributed by atoms with E-state index < -0.39 is 0 Å². The van der Waals surface area contributed by atoms with Crippen molar-refractivity contribution in [3.63, 3.8) is 0 Å². The zero-order valence-corrected chi connectivity index (χ0v) is 9.78. The molecule has 0 aliphatic heterocycles. The third kappa shape index (κ3) is 3.27. The molecule has 1 heterocycles. The molecule has 14 heavy (non-hydrogen) atoms. The van der Waals surface area contributed by atoms with E-state index in [-0.39, 0.29) is 11.9 Å². The zero-order valence-electron chi connectivity index (χ0n) is 8.21. The summed E-state index contributed by atoms with van der Waals surface area (Å²) in [5, 5.41) is 5.74. The minimum atomic E-state index is -0.0275. The third-order valence-corrected chi connectivity index (χ3v) is 3.04. The van der Waals surface area contributed by atoms with Gasteiger partial charge < -0.3 is 5.32 Å². The Labute approximate surface area is 92.5 Å². The molecule has 1 amide bonds. The molecule has 0 aliphatic carbocycles. The molecule has 1 aromatic heterocycles. The van der Waals surface area contributed by atoms with E-state index in [1.807, 2.05) is 19.2 Å². The van der Waals surface area contributed by atoms with Gasteiger partial charge in [0.2, 0.25) is 5.91 Å². The molecule has 1 atom stereocenters. The number of amides is 1. The highest BCUT2D eigenvalue weighted by Gasteiger charge is 2.11. The summed E-state index contributed by atoms with van der Waals surface area (Å²) in [6.07, 6.45) is 0.357. The molecule has 0 spiro atoms. The number of carbonyl (C=O) groups is 1. The van der Waals surface area contributed by atoms with Crippen LogP contribution >= 0.6 is 22.9 Å². The molecular weight excluding hydrogens is 220 g/mol. The Kier molecular flexibility index (Phi) is 4.35. The van der Waals surface area contributed by atoms with Crippen LogP contribution in [0.15, 0.2) is 5.38 Å². The Morgan fingerprint density at radius 1 is 1.79 bits per heavy atom. The first-order chi connectivity index (χ1) is 6.63. The molecule has 0 saturated carbocycles. The molecule has 0 aliphatic rings. The molecule has 0 saturated heterocycles. The summed E-state index contributed by atoms with van der Waals surface area (Å²) in [5.41, 5.74) is 0.989. The number of nitrogens with zero attached hydrogens (tertiary/aromatic N) is 1. The second kappa shape index (κ2) is 5.32. The first kappa shape index (κ1) is 11.5. The monoisotopic (exact) mass is 232 g/mol. The summed E-state index contributed by atoms with van der Waals surface area (Å²) in [6, 6.07) is -0.0237. The summed E-state index contributed by atoms with van der Waals surface area (Å²) in [5.74, 6) is 0.329. The average Bonchev–Trinajstić information content (AvgIpc) is 2.52. The van der Waals surface area contributed by atoms with Crippen LogP contribution in [0.3, 0.4) is 0 Å². The number of rotatable bonds is 4. The minimum absolute atomic E-state index is 0.0237. The number of halogens is 1. The molecule has 1 N–H and O–H groups in total. The average molecular weight is 233 g/mol. The number of hydrogen-bond donors (Lipinski definition) is 1. The number of carbonyl (C=O) groups excluding carboxylic acids is 1.